The molecule has 0 unspecified atom stereocenters. The first-order chi connectivity index (χ1) is 9.06. The van der Waals surface area contributed by atoms with Gasteiger partial charge >= 0.3 is 5.97 Å². The van der Waals surface area contributed by atoms with E-state index < -0.39 is 11.9 Å². The highest BCUT2D eigenvalue weighted by Crippen LogP contribution is 2.08. The number of carboxylic acid groups (broad SMARTS) is 1. The summed E-state index contributed by atoms with van der Waals surface area (Å²) >= 11 is 0. The van der Waals surface area contributed by atoms with Crippen LogP contribution in [0, 0.1) is 0 Å². The maximum atomic E-state index is 11.8. The van der Waals surface area contributed by atoms with Gasteiger partial charge in [-0.15, -0.1) is 0 Å². The van der Waals surface area contributed by atoms with Gasteiger partial charge in [-0.2, -0.15) is 0 Å². The second-order valence-corrected chi connectivity index (χ2v) is 3.81. The summed E-state index contributed by atoms with van der Waals surface area (Å²) in [6, 6.07) is 5.97. The van der Waals surface area contributed by atoms with E-state index in [-0.39, 0.29) is 23.6 Å². The molecule has 0 aliphatic heterocycles. The van der Waals surface area contributed by atoms with E-state index in [1.807, 2.05) is 0 Å². The van der Waals surface area contributed by atoms with Crippen molar-refractivity contribution in [1.82, 2.24) is 10.6 Å². The van der Waals surface area contributed by atoms with E-state index in [0.29, 0.717) is 13.0 Å². The first-order valence-corrected chi connectivity index (χ1v) is 5.93. The molecule has 0 fully saturated rings. The van der Waals surface area contributed by atoms with Gasteiger partial charge in [0.25, 0.3) is 5.91 Å². The summed E-state index contributed by atoms with van der Waals surface area (Å²) in [5.41, 5.74) is 0.0643. The zero-order chi connectivity index (χ0) is 14.3. The molecule has 0 aliphatic carbocycles. The fraction of sp³-hybridized carbons (Fsp3) is 0.308. The lowest BCUT2D eigenvalue weighted by molar-refractivity contribution is -0.120. The number of amides is 2. The summed E-state index contributed by atoms with van der Waals surface area (Å²) < 4.78 is 0. The molecule has 0 heterocycles. The van der Waals surface area contributed by atoms with Crippen LogP contribution in [0.15, 0.2) is 24.3 Å². The van der Waals surface area contributed by atoms with Crippen LogP contribution in [0.3, 0.4) is 0 Å². The molecule has 102 valence electrons. The van der Waals surface area contributed by atoms with E-state index >= 15 is 0 Å². The molecule has 1 aromatic carbocycles. The van der Waals surface area contributed by atoms with Crippen molar-refractivity contribution < 1.29 is 19.5 Å². The number of hydrogen-bond donors (Lipinski definition) is 3. The predicted molar refractivity (Wildman–Crippen MR) is 69.0 cm³/mol. The van der Waals surface area contributed by atoms with Gasteiger partial charge in [0.1, 0.15) is 0 Å². The van der Waals surface area contributed by atoms with Crippen molar-refractivity contribution in [3.63, 3.8) is 0 Å². The molecular formula is C13H16N2O4. The maximum Gasteiger partial charge on any atom is 0.336 e. The van der Waals surface area contributed by atoms with Crippen molar-refractivity contribution in [1.29, 1.82) is 0 Å². The SMILES string of the molecule is CCC(=O)NCCNC(=O)c1ccccc1C(=O)O. The number of carboxylic acids is 1. The standard InChI is InChI=1S/C13H16N2O4/c1-2-11(16)14-7-8-15-12(17)9-5-3-4-6-10(9)13(18)19/h3-6H,2,7-8H2,1H3,(H,14,16)(H,15,17)(H,18,19). The molecule has 0 bridgehead atoms. The third-order valence-electron chi connectivity index (χ3n) is 2.46. The molecule has 0 atom stereocenters. The molecule has 6 heteroatoms. The van der Waals surface area contributed by atoms with Crippen LogP contribution < -0.4 is 10.6 Å². The van der Waals surface area contributed by atoms with E-state index in [2.05, 4.69) is 10.6 Å². The Labute approximate surface area is 110 Å². The van der Waals surface area contributed by atoms with Gasteiger partial charge < -0.3 is 15.7 Å². The Morgan fingerprint density at radius 1 is 1.05 bits per heavy atom. The minimum absolute atomic E-state index is 0.0439. The van der Waals surface area contributed by atoms with E-state index in [4.69, 9.17) is 5.11 Å². The molecule has 3 N–H and O–H groups in total. The summed E-state index contributed by atoms with van der Waals surface area (Å²) in [5.74, 6) is -1.71. The Morgan fingerprint density at radius 3 is 2.21 bits per heavy atom. The monoisotopic (exact) mass is 264 g/mol. The van der Waals surface area contributed by atoms with E-state index in [0.717, 1.165) is 0 Å². The topological polar surface area (TPSA) is 95.5 Å². The Hall–Kier alpha value is -2.37. The van der Waals surface area contributed by atoms with Gasteiger partial charge in [0.15, 0.2) is 0 Å². The van der Waals surface area contributed by atoms with E-state index in [1.165, 1.54) is 12.1 Å². The normalized spacial score (nSPS) is 9.74. The Kier molecular flexibility index (Phi) is 5.53. The van der Waals surface area contributed by atoms with Crippen molar-refractivity contribution in [3.8, 4) is 0 Å². The number of aromatic carboxylic acids is 1. The van der Waals surface area contributed by atoms with Crippen molar-refractivity contribution in [2.75, 3.05) is 13.1 Å². The average Bonchev–Trinajstić information content (AvgIpc) is 2.42. The van der Waals surface area contributed by atoms with Crippen LogP contribution in [0.4, 0.5) is 0 Å². The zero-order valence-corrected chi connectivity index (χ0v) is 10.6. The lowest BCUT2D eigenvalue weighted by atomic mass is 10.1. The quantitative estimate of drug-likeness (QED) is 0.657. The van der Waals surface area contributed by atoms with Crippen LogP contribution in [-0.2, 0) is 4.79 Å². The van der Waals surface area contributed by atoms with Gasteiger partial charge in [0.2, 0.25) is 5.91 Å². The summed E-state index contributed by atoms with van der Waals surface area (Å²) in [4.78, 5) is 33.7. The Bertz CT molecular complexity index is 485. The van der Waals surface area contributed by atoms with Gasteiger partial charge in [0, 0.05) is 19.5 Å². The molecule has 0 radical (unpaired) electrons. The van der Waals surface area contributed by atoms with Crippen LogP contribution in [0.1, 0.15) is 34.1 Å². The molecule has 0 spiro atoms. The molecule has 0 saturated carbocycles. The number of nitrogens with one attached hydrogen (secondary N) is 2. The molecule has 2 amide bonds. The smallest absolute Gasteiger partial charge is 0.336 e. The van der Waals surface area contributed by atoms with Crippen LogP contribution in [0.2, 0.25) is 0 Å². The Morgan fingerprint density at radius 2 is 1.63 bits per heavy atom. The maximum absolute atomic E-state index is 11.8. The first-order valence-electron chi connectivity index (χ1n) is 5.93. The number of hydrogen-bond acceptors (Lipinski definition) is 3. The summed E-state index contributed by atoms with van der Waals surface area (Å²) in [7, 11) is 0. The van der Waals surface area contributed by atoms with Gasteiger partial charge in [0.05, 0.1) is 11.1 Å². The van der Waals surface area contributed by atoms with Gasteiger partial charge in [-0.3, -0.25) is 9.59 Å². The van der Waals surface area contributed by atoms with E-state index in [9.17, 15) is 14.4 Å². The van der Waals surface area contributed by atoms with Gasteiger partial charge in [-0.1, -0.05) is 19.1 Å². The molecular weight excluding hydrogens is 248 g/mol. The first kappa shape index (κ1) is 14.7. The lowest BCUT2D eigenvalue weighted by Gasteiger charge is -2.08. The lowest BCUT2D eigenvalue weighted by Crippen LogP contribution is -2.34. The number of rotatable bonds is 6. The summed E-state index contributed by atoms with van der Waals surface area (Å²) in [5, 5.41) is 14.1. The highest BCUT2D eigenvalue weighted by molar-refractivity contribution is 6.04. The van der Waals surface area contributed by atoms with Crippen molar-refractivity contribution in [3.05, 3.63) is 35.4 Å². The molecule has 0 aliphatic rings. The third kappa shape index (κ3) is 4.42. The zero-order valence-electron chi connectivity index (χ0n) is 10.6. The average molecular weight is 264 g/mol. The summed E-state index contributed by atoms with van der Waals surface area (Å²) in [6.07, 6.45) is 0.385. The Balaban J connectivity index is 2.55. The second kappa shape index (κ2) is 7.15. The largest absolute Gasteiger partial charge is 0.478 e. The highest BCUT2D eigenvalue weighted by atomic mass is 16.4. The van der Waals surface area contributed by atoms with Crippen molar-refractivity contribution in [2.45, 2.75) is 13.3 Å². The predicted octanol–water partition coefficient (Wildman–Crippen LogP) is 0.641. The highest BCUT2D eigenvalue weighted by Gasteiger charge is 2.14. The van der Waals surface area contributed by atoms with E-state index in [1.54, 1.807) is 19.1 Å². The molecule has 0 saturated heterocycles. The van der Waals surface area contributed by atoms with Crippen LogP contribution in [-0.4, -0.2) is 36.0 Å². The van der Waals surface area contributed by atoms with Crippen LogP contribution in [0.5, 0.6) is 0 Å². The molecule has 0 aromatic heterocycles. The number of benzene rings is 1. The minimum Gasteiger partial charge on any atom is -0.478 e. The molecule has 6 nitrogen and oxygen atoms in total. The fourth-order valence-corrected chi connectivity index (χ4v) is 1.47. The summed E-state index contributed by atoms with van der Waals surface area (Å²) in [6.45, 7) is 2.29. The molecule has 19 heavy (non-hydrogen) atoms. The van der Waals surface area contributed by atoms with Gasteiger partial charge in [-0.05, 0) is 12.1 Å². The minimum atomic E-state index is -1.15. The molecule has 1 aromatic rings. The van der Waals surface area contributed by atoms with Crippen LogP contribution >= 0.6 is 0 Å². The number of carbonyl (C=O) groups excluding carboxylic acids is 2. The third-order valence-corrected chi connectivity index (χ3v) is 2.46. The van der Waals surface area contributed by atoms with Gasteiger partial charge in [-0.25, -0.2) is 4.79 Å². The second-order valence-electron chi connectivity index (χ2n) is 3.81. The van der Waals surface area contributed by atoms with Crippen molar-refractivity contribution >= 4 is 17.8 Å². The van der Waals surface area contributed by atoms with Crippen molar-refractivity contribution in [2.24, 2.45) is 0 Å². The van der Waals surface area contributed by atoms with Crippen LogP contribution in [0.25, 0.3) is 0 Å². The fourth-order valence-electron chi connectivity index (χ4n) is 1.47. The molecule has 1 rings (SSSR count). The number of carbonyl (C=O) groups is 3.